The molecule has 1 atom stereocenters. The maximum Gasteiger partial charge on any atom is 0.105 e. The van der Waals surface area contributed by atoms with E-state index in [-0.39, 0.29) is 0 Å². The first-order valence-corrected chi connectivity index (χ1v) is 7.51. The highest BCUT2D eigenvalue weighted by Gasteiger charge is 2.11. The van der Waals surface area contributed by atoms with Gasteiger partial charge in [-0.3, -0.25) is 4.90 Å². The minimum absolute atomic E-state index is 0.495. The van der Waals surface area contributed by atoms with Gasteiger partial charge in [-0.15, -0.1) is 11.3 Å². The molecule has 0 saturated carbocycles. The topological polar surface area (TPSA) is 28.4 Å². The number of nitrogens with one attached hydrogen (secondary N) is 1. The summed E-state index contributed by atoms with van der Waals surface area (Å²) < 4.78 is 5.33. The Morgan fingerprint density at radius 1 is 1.42 bits per heavy atom. The van der Waals surface area contributed by atoms with Crippen LogP contribution in [0.15, 0.2) is 34.3 Å². The Bertz CT molecular complexity index is 478. The Balaban J connectivity index is 1.73. The van der Waals surface area contributed by atoms with Crippen LogP contribution in [0.2, 0.25) is 0 Å². The molecule has 0 saturated heterocycles. The molecule has 2 aromatic heterocycles. The highest BCUT2D eigenvalue weighted by Crippen LogP contribution is 2.12. The van der Waals surface area contributed by atoms with Crippen molar-refractivity contribution in [1.29, 1.82) is 0 Å². The molecule has 0 bridgehead atoms. The van der Waals surface area contributed by atoms with Crippen molar-refractivity contribution in [2.45, 2.75) is 33.0 Å². The van der Waals surface area contributed by atoms with Crippen molar-refractivity contribution < 1.29 is 4.42 Å². The van der Waals surface area contributed by atoms with E-state index in [9.17, 15) is 0 Å². The second-order valence-electron chi connectivity index (χ2n) is 4.98. The summed E-state index contributed by atoms with van der Waals surface area (Å²) in [6, 6.07) is 6.81. The molecule has 104 valence electrons. The lowest BCUT2D eigenvalue weighted by molar-refractivity contribution is 0.241. The predicted molar refractivity (Wildman–Crippen MR) is 80.4 cm³/mol. The molecular weight excluding hydrogens is 256 g/mol. The van der Waals surface area contributed by atoms with Gasteiger partial charge in [0.05, 0.1) is 6.26 Å². The first-order chi connectivity index (χ1) is 9.16. The van der Waals surface area contributed by atoms with E-state index in [1.165, 1.54) is 10.4 Å². The number of hydrogen-bond donors (Lipinski definition) is 1. The van der Waals surface area contributed by atoms with Gasteiger partial charge >= 0.3 is 0 Å². The summed E-state index contributed by atoms with van der Waals surface area (Å²) in [5.41, 5.74) is 1.27. The van der Waals surface area contributed by atoms with Crippen LogP contribution in [0, 0.1) is 6.92 Å². The van der Waals surface area contributed by atoms with Crippen LogP contribution in [0.25, 0.3) is 0 Å². The fourth-order valence-electron chi connectivity index (χ4n) is 1.97. The fourth-order valence-corrected chi connectivity index (χ4v) is 2.65. The van der Waals surface area contributed by atoms with Crippen molar-refractivity contribution in [3.05, 3.63) is 46.0 Å². The van der Waals surface area contributed by atoms with E-state index in [0.717, 1.165) is 25.4 Å². The number of nitrogens with zero attached hydrogens (tertiary/aromatic N) is 1. The summed E-state index contributed by atoms with van der Waals surface area (Å²) in [4.78, 5) is 3.74. The van der Waals surface area contributed by atoms with Crippen molar-refractivity contribution in [3.8, 4) is 0 Å². The number of furan rings is 1. The number of rotatable bonds is 7. The standard InChI is InChI=1S/C15H22N2OS/c1-12(9-16-10-15-5-4-8-19-15)17(3)11-14-6-7-18-13(14)2/h4-8,12,16H,9-11H2,1-3H3. The number of hydrogen-bond acceptors (Lipinski definition) is 4. The normalized spacial score (nSPS) is 13.1. The van der Waals surface area contributed by atoms with Gasteiger partial charge in [0.1, 0.15) is 5.76 Å². The molecule has 0 amide bonds. The highest BCUT2D eigenvalue weighted by molar-refractivity contribution is 7.09. The van der Waals surface area contributed by atoms with E-state index < -0.39 is 0 Å². The van der Waals surface area contributed by atoms with Gasteiger partial charge < -0.3 is 9.73 Å². The lowest BCUT2D eigenvalue weighted by Gasteiger charge is -2.24. The van der Waals surface area contributed by atoms with Gasteiger partial charge in [-0.2, -0.15) is 0 Å². The van der Waals surface area contributed by atoms with Gasteiger partial charge in [0.2, 0.25) is 0 Å². The molecule has 0 fully saturated rings. The molecule has 19 heavy (non-hydrogen) atoms. The van der Waals surface area contributed by atoms with Crippen LogP contribution in [-0.2, 0) is 13.1 Å². The predicted octanol–water partition coefficient (Wildman–Crippen LogP) is 3.26. The Morgan fingerprint density at radius 3 is 2.89 bits per heavy atom. The largest absolute Gasteiger partial charge is 0.469 e. The van der Waals surface area contributed by atoms with E-state index in [1.807, 2.05) is 6.92 Å². The Labute approximate surface area is 119 Å². The molecule has 0 radical (unpaired) electrons. The van der Waals surface area contributed by atoms with Crippen LogP contribution in [0.3, 0.4) is 0 Å². The van der Waals surface area contributed by atoms with Crippen LogP contribution in [0.5, 0.6) is 0 Å². The first-order valence-electron chi connectivity index (χ1n) is 6.63. The molecular formula is C15H22N2OS. The third-order valence-corrected chi connectivity index (χ3v) is 4.33. The zero-order valence-corrected chi connectivity index (χ0v) is 12.7. The molecule has 0 aliphatic carbocycles. The number of thiophene rings is 1. The van der Waals surface area contributed by atoms with Crippen LogP contribution in [0.1, 0.15) is 23.1 Å². The summed E-state index contributed by atoms with van der Waals surface area (Å²) in [6.45, 7) is 7.15. The Kier molecular flexibility index (Phi) is 5.19. The second-order valence-corrected chi connectivity index (χ2v) is 6.01. The van der Waals surface area contributed by atoms with Crippen LogP contribution < -0.4 is 5.32 Å². The van der Waals surface area contributed by atoms with E-state index in [0.29, 0.717) is 6.04 Å². The van der Waals surface area contributed by atoms with Crippen molar-refractivity contribution in [3.63, 3.8) is 0 Å². The molecule has 3 nitrogen and oxygen atoms in total. The van der Waals surface area contributed by atoms with Crippen LogP contribution >= 0.6 is 11.3 Å². The maximum atomic E-state index is 5.33. The molecule has 2 heterocycles. The van der Waals surface area contributed by atoms with Gasteiger partial charge in [0.15, 0.2) is 0 Å². The van der Waals surface area contributed by atoms with E-state index >= 15 is 0 Å². The molecule has 2 rings (SSSR count). The van der Waals surface area contributed by atoms with Crippen molar-refractivity contribution in [2.24, 2.45) is 0 Å². The minimum atomic E-state index is 0.495. The van der Waals surface area contributed by atoms with E-state index in [4.69, 9.17) is 4.42 Å². The third kappa shape index (κ3) is 4.20. The van der Waals surface area contributed by atoms with E-state index in [2.05, 4.69) is 47.8 Å². The Hall–Kier alpha value is -1.10. The zero-order chi connectivity index (χ0) is 13.7. The zero-order valence-electron chi connectivity index (χ0n) is 11.8. The van der Waals surface area contributed by atoms with Crippen LogP contribution in [-0.4, -0.2) is 24.5 Å². The molecule has 0 aliphatic heterocycles. The lowest BCUT2D eigenvalue weighted by Crippen LogP contribution is -2.37. The molecule has 2 aromatic rings. The smallest absolute Gasteiger partial charge is 0.105 e. The summed E-state index contributed by atoms with van der Waals surface area (Å²) >= 11 is 1.80. The molecule has 0 aromatic carbocycles. The molecule has 0 aliphatic rings. The number of aryl methyl sites for hydroxylation is 1. The van der Waals surface area contributed by atoms with Crippen molar-refractivity contribution in [2.75, 3.05) is 13.6 Å². The average molecular weight is 278 g/mol. The SMILES string of the molecule is Cc1occc1CN(C)C(C)CNCc1cccs1. The van der Waals surface area contributed by atoms with Crippen molar-refractivity contribution >= 4 is 11.3 Å². The summed E-state index contributed by atoms with van der Waals surface area (Å²) in [5.74, 6) is 1.02. The monoisotopic (exact) mass is 278 g/mol. The number of likely N-dealkylation sites (N-methyl/N-ethyl adjacent to an activating group) is 1. The van der Waals surface area contributed by atoms with Gasteiger partial charge in [-0.05, 0) is 38.4 Å². The Morgan fingerprint density at radius 2 is 2.26 bits per heavy atom. The third-order valence-electron chi connectivity index (χ3n) is 3.46. The highest BCUT2D eigenvalue weighted by atomic mass is 32.1. The minimum Gasteiger partial charge on any atom is -0.469 e. The average Bonchev–Trinajstić information content (AvgIpc) is 3.02. The van der Waals surface area contributed by atoms with Gasteiger partial charge in [0.25, 0.3) is 0 Å². The van der Waals surface area contributed by atoms with E-state index in [1.54, 1.807) is 17.6 Å². The maximum absolute atomic E-state index is 5.33. The summed E-state index contributed by atoms with van der Waals surface area (Å²) in [7, 11) is 2.16. The molecule has 4 heteroatoms. The first kappa shape index (κ1) is 14.3. The fraction of sp³-hybridized carbons (Fsp3) is 0.467. The van der Waals surface area contributed by atoms with Gasteiger partial charge in [-0.1, -0.05) is 6.07 Å². The molecule has 0 spiro atoms. The molecule has 1 N–H and O–H groups in total. The van der Waals surface area contributed by atoms with Gasteiger partial charge in [-0.25, -0.2) is 0 Å². The quantitative estimate of drug-likeness (QED) is 0.842. The van der Waals surface area contributed by atoms with Crippen molar-refractivity contribution in [1.82, 2.24) is 10.2 Å². The lowest BCUT2D eigenvalue weighted by atomic mass is 10.2. The molecule has 1 unspecified atom stereocenters. The van der Waals surface area contributed by atoms with Gasteiger partial charge in [0, 0.05) is 36.1 Å². The second kappa shape index (κ2) is 6.89. The van der Waals surface area contributed by atoms with Crippen LogP contribution in [0.4, 0.5) is 0 Å². The summed E-state index contributed by atoms with van der Waals surface area (Å²) in [5, 5.41) is 5.63. The summed E-state index contributed by atoms with van der Waals surface area (Å²) in [6.07, 6.45) is 1.76.